The second-order valence-corrected chi connectivity index (χ2v) is 4.19. The van der Waals surface area contributed by atoms with Crippen LogP contribution < -0.4 is 5.73 Å². The topological polar surface area (TPSA) is 80.5 Å². The summed E-state index contributed by atoms with van der Waals surface area (Å²) in [6.45, 7) is 4.31. The molecule has 0 spiro atoms. The zero-order valence-electron chi connectivity index (χ0n) is 9.44. The summed E-state index contributed by atoms with van der Waals surface area (Å²) in [6.07, 6.45) is 4.27. The molecular formula is C11H15N5. The van der Waals surface area contributed by atoms with Crippen LogP contribution in [0.4, 0.5) is 5.82 Å². The molecule has 0 saturated carbocycles. The van der Waals surface area contributed by atoms with Gasteiger partial charge in [-0.3, -0.25) is 5.10 Å². The Balaban J connectivity index is 2.42. The molecule has 0 amide bonds. The quantitative estimate of drug-likeness (QED) is 0.819. The van der Waals surface area contributed by atoms with Crippen molar-refractivity contribution in [3.63, 3.8) is 0 Å². The molecule has 0 aliphatic heterocycles. The molecule has 5 heteroatoms. The Labute approximate surface area is 94.1 Å². The van der Waals surface area contributed by atoms with E-state index in [0.29, 0.717) is 11.7 Å². The van der Waals surface area contributed by atoms with Crippen LogP contribution in [0.1, 0.15) is 19.4 Å². The largest absolute Gasteiger partial charge is 0.382 e. The Morgan fingerprint density at radius 1 is 1.38 bits per heavy atom. The van der Waals surface area contributed by atoms with Crippen molar-refractivity contribution in [1.82, 2.24) is 20.4 Å². The Kier molecular flexibility index (Phi) is 2.85. The van der Waals surface area contributed by atoms with Gasteiger partial charge in [-0.15, -0.1) is 0 Å². The zero-order chi connectivity index (χ0) is 11.5. The van der Waals surface area contributed by atoms with E-state index in [9.17, 15) is 0 Å². The summed E-state index contributed by atoms with van der Waals surface area (Å²) in [6, 6.07) is 1.89. The van der Waals surface area contributed by atoms with Gasteiger partial charge in [-0.1, -0.05) is 13.8 Å². The second kappa shape index (κ2) is 4.30. The third-order valence-electron chi connectivity index (χ3n) is 2.38. The first-order valence-corrected chi connectivity index (χ1v) is 5.28. The molecule has 16 heavy (non-hydrogen) atoms. The first-order valence-electron chi connectivity index (χ1n) is 5.28. The van der Waals surface area contributed by atoms with Crippen LogP contribution in [-0.2, 0) is 6.42 Å². The molecule has 0 unspecified atom stereocenters. The Bertz CT molecular complexity index is 460. The molecule has 84 valence electrons. The van der Waals surface area contributed by atoms with Gasteiger partial charge in [0.25, 0.3) is 0 Å². The smallest absolute Gasteiger partial charge is 0.149 e. The number of aromatic nitrogens is 4. The lowest BCUT2D eigenvalue weighted by Crippen LogP contribution is -1.99. The molecule has 0 aliphatic rings. The van der Waals surface area contributed by atoms with Gasteiger partial charge in [0.05, 0.1) is 18.1 Å². The lowest BCUT2D eigenvalue weighted by molar-refractivity contribution is 0.649. The van der Waals surface area contributed by atoms with Gasteiger partial charge in [0, 0.05) is 11.1 Å². The van der Waals surface area contributed by atoms with Crippen LogP contribution in [0.15, 0.2) is 18.5 Å². The van der Waals surface area contributed by atoms with Crippen molar-refractivity contribution in [2.75, 3.05) is 5.73 Å². The van der Waals surface area contributed by atoms with Crippen LogP contribution in [0, 0.1) is 5.92 Å². The van der Waals surface area contributed by atoms with Crippen molar-refractivity contribution in [1.29, 1.82) is 0 Å². The summed E-state index contributed by atoms with van der Waals surface area (Å²) in [7, 11) is 0. The molecular weight excluding hydrogens is 202 g/mol. The van der Waals surface area contributed by atoms with Crippen LogP contribution in [0.3, 0.4) is 0 Å². The first-order chi connectivity index (χ1) is 7.68. The molecule has 0 saturated heterocycles. The van der Waals surface area contributed by atoms with Crippen LogP contribution in [0.5, 0.6) is 0 Å². The first kappa shape index (κ1) is 10.6. The normalized spacial score (nSPS) is 10.9. The molecule has 2 aromatic rings. The Morgan fingerprint density at radius 3 is 2.81 bits per heavy atom. The second-order valence-electron chi connectivity index (χ2n) is 4.19. The van der Waals surface area contributed by atoms with Gasteiger partial charge in [0.15, 0.2) is 0 Å². The maximum Gasteiger partial charge on any atom is 0.149 e. The Hall–Kier alpha value is -1.91. The molecule has 0 atom stereocenters. The molecule has 0 radical (unpaired) electrons. The highest BCUT2D eigenvalue weighted by Crippen LogP contribution is 2.26. The number of hydrogen-bond acceptors (Lipinski definition) is 4. The van der Waals surface area contributed by atoms with Crippen LogP contribution in [0.2, 0.25) is 0 Å². The number of nitrogens with one attached hydrogen (secondary N) is 1. The van der Waals surface area contributed by atoms with Gasteiger partial charge in [-0.05, 0) is 18.4 Å². The predicted octanol–water partition coefficient (Wildman–Crippen LogP) is 1.65. The van der Waals surface area contributed by atoms with E-state index in [4.69, 9.17) is 5.73 Å². The average Bonchev–Trinajstić information content (AvgIpc) is 2.61. The van der Waals surface area contributed by atoms with Crippen molar-refractivity contribution in [2.45, 2.75) is 20.3 Å². The summed E-state index contributed by atoms with van der Waals surface area (Å²) < 4.78 is 0. The molecule has 2 aromatic heterocycles. The van der Waals surface area contributed by atoms with Crippen molar-refractivity contribution in [3.8, 4) is 11.3 Å². The lowest BCUT2D eigenvalue weighted by atomic mass is 10.0. The summed E-state index contributed by atoms with van der Waals surface area (Å²) in [4.78, 5) is 0. The third-order valence-corrected chi connectivity index (χ3v) is 2.38. The molecule has 0 aliphatic carbocycles. The molecule has 5 nitrogen and oxygen atoms in total. The average molecular weight is 217 g/mol. The lowest BCUT2D eigenvalue weighted by Gasteiger charge is -2.06. The number of nitrogens with zero attached hydrogens (tertiary/aromatic N) is 3. The number of nitrogens with two attached hydrogens (primary N) is 1. The van der Waals surface area contributed by atoms with Gasteiger partial charge < -0.3 is 5.73 Å². The van der Waals surface area contributed by atoms with Gasteiger partial charge in [-0.2, -0.15) is 15.3 Å². The molecule has 2 rings (SSSR count). The highest BCUT2D eigenvalue weighted by Gasteiger charge is 2.13. The van der Waals surface area contributed by atoms with E-state index in [1.54, 1.807) is 12.4 Å². The number of H-pyrrole nitrogens is 1. The van der Waals surface area contributed by atoms with Gasteiger partial charge in [0.2, 0.25) is 0 Å². The van der Waals surface area contributed by atoms with Gasteiger partial charge >= 0.3 is 0 Å². The fourth-order valence-electron chi connectivity index (χ4n) is 1.67. The minimum absolute atomic E-state index is 0.536. The van der Waals surface area contributed by atoms with E-state index >= 15 is 0 Å². The highest BCUT2D eigenvalue weighted by molar-refractivity contribution is 5.66. The van der Waals surface area contributed by atoms with Gasteiger partial charge in [-0.25, -0.2) is 0 Å². The summed E-state index contributed by atoms with van der Waals surface area (Å²) >= 11 is 0. The maximum atomic E-state index is 5.85. The van der Waals surface area contributed by atoms with E-state index in [1.165, 1.54) is 0 Å². The summed E-state index contributed by atoms with van der Waals surface area (Å²) in [5, 5.41) is 14.6. The molecule has 2 heterocycles. The molecule has 0 bridgehead atoms. The van der Waals surface area contributed by atoms with Gasteiger partial charge in [0.1, 0.15) is 5.82 Å². The van der Waals surface area contributed by atoms with E-state index in [1.807, 2.05) is 6.07 Å². The van der Waals surface area contributed by atoms with Crippen LogP contribution in [0.25, 0.3) is 11.3 Å². The van der Waals surface area contributed by atoms with Crippen molar-refractivity contribution < 1.29 is 0 Å². The number of anilines is 1. The maximum absolute atomic E-state index is 5.85. The number of nitrogen functional groups attached to an aromatic ring is 1. The third kappa shape index (κ3) is 2.03. The number of aromatic amines is 1. The standard InChI is InChI=1S/C11H15N5/c1-7(2)5-9-10(15-16-11(9)12)8-3-4-13-14-6-8/h3-4,6-7H,5H2,1-2H3,(H3,12,15,16). The molecule has 0 fully saturated rings. The van der Waals surface area contributed by atoms with Crippen LogP contribution >= 0.6 is 0 Å². The van der Waals surface area contributed by atoms with Crippen molar-refractivity contribution in [2.24, 2.45) is 5.92 Å². The summed E-state index contributed by atoms with van der Waals surface area (Å²) in [5.74, 6) is 1.11. The predicted molar refractivity (Wildman–Crippen MR) is 62.6 cm³/mol. The fourth-order valence-corrected chi connectivity index (χ4v) is 1.67. The Morgan fingerprint density at radius 2 is 2.19 bits per heavy atom. The number of hydrogen-bond donors (Lipinski definition) is 2. The minimum atomic E-state index is 0.536. The fraction of sp³-hybridized carbons (Fsp3) is 0.364. The molecule has 3 N–H and O–H groups in total. The van der Waals surface area contributed by atoms with E-state index in [0.717, 1.165) is 23.2 Å². The zero-order valence-corrected chi connectivity index (χ0v) is 9.44. The van der Waals surface area contributed by atoms with Crippen molar-refractivity contribution >= 4 is 5.82 Å². The van der Waals surface area contributed by atoms with Crippen LogP contribution in [-0.4, -0.2) is 20.4 Å². The molecule has 0 aromatic carbocycles. The summed E-state index contributed by atoms with van der Waals surface area (Å²) in [5.41, 5.74) is 8.82. The highest BCUT2D eigenvalue weighted by atomic mass is 15.2. The van der Waals surface area contributed by atoms with Crippen molar-refractivity contribution in [3.05, 3.63) is 24.0 Å². The van der Waals surface area contributed by atoms with E-state index < -0.39 is 0 Å². The number of rotatable bonds is 3. The minimum Gasteiger partial charge on any atom is -0.382 e. The van der Waals surface area contributed by atoms with E-state index in [2.05, 4.69) is 34.2 Å². The monoisotopic (exact) mass is 217 g/mol. The SMILES string of the molecule is CC(C)Cc1c(N)n[nH]c1-c1ccnnc1. The van der Waals surface area contributed by atoms with E-state index in [-0.39, 0.29) is 0 Å².